The van der Waals surface area contributed by atoms with Crippen LogP contribution in [0.1, 0.15) is 6.92 Å². The minimum absolute atomic E-state index is 0.263. The van der Waals surface area contributed by atoms with Crippen LogP contribution in [0.25, 0.3) is 0 Å². The van der Waals surface area contributed by atoms with E-state index in [0.29, 0.717) is 17.9 Å². The van der Waals surface area contributed by atoms with Gasteiger partial charge in [0.25, 0.3) is 0 Å². The number of hydrogen-bond acceptors (Lipinski definition) is 6. The van der Waals surface area contributed by atoms with Crippen LogP contribution in [0.3, 0.4) is 0 Å². The maximum atomic E-state index is 13.2. The summed E-state index contributed by atoms with van der Waals surface area (Å²) in [6.45, 7) is 1.19. The van der Waals surface area contributed by atoms with Gasteiger partial charge in [-0.1, -0.05) is 0 Å². The Labute approximate surface area is 125 Å². The number of rotatable bonds is 7. The number of nitro benzene ring substituents is 1. The van der Waals surface area contributed by atoms with Gasteiger partial charge >= 0.3 is 5.69 Å². The number of nitrogens with one attached hydrogen (secondary N) is 1. The summed E-state index contributed by atoms with van der Waals surface area (Å²) < 4.78 is 39.3. The first-order valence-electron chi connectivity index (χ1n) is 5.74. The summed E-state index contributed by atoms with van der Waals surface area (Å²) in [6, 6.07) is 2.28. The molecule has 2 N–H and O–H groups in total. The van der Waals surface area contributed by atoms with E-state index in [2.05, 4.69) is 4.72 Å². The van der Waals surface area contributed by atoms with Crippen LogP contribution in [-0.4, -0.2) is 42.6 Å². The molecule has 0 saturated carbocycles. The molecule has 0 heterocycles. The van der Waals surface area contributed by atoms with Crippen LogP contribution in [0.15, 0.2) is 23.1 Å². The van der Waals surface area contributed by atoms with Crippen molar-refractivity contribution in [2.24, 2.45) is 0 Å². The number of sulfonamides is 1. The quantitative estimate of drug-likeness (QED) is 0.570. The summed E-state index contributed by atoms with van der Waals surface area (Å²) in [5.41, 5.74) is -2.19. The lowest BCUT2D eigenvalue weighted by atomic mass is 10.1. The van der Waals surface area contributed by atoms with Crippen molar-refractivity contribution in [3.63, 3.8) is 0 Å². The van der Waals surface area contributed by atoms with Crippen molar-refractivity contribution in [1.82, 2.24) is 4.72 Å². The molecule has 0 fully saturated rings. The number of nitro groups is 1. The van der Waals surface area contributed by atoms with Crippen LogP contribution in [0.2, 0.25) is 0 Å². The fourth-order valence-electron chi connectivity index (χ4n) is 1.50. The zero-order valence-electron chi connectivity index (χ0n) is 11.4. The SMILES string of the molecule is CSCC(C)(O)CNS(=O)(=O)c1ccc(F)c([N+](=O)[O-])c1. The predicted octanol–water partition coefficient (Wildman–Crippen LogP) is 1.13. The summed E-state index contributed by atoms with van der Waals surface area (Å²) in [4.78, 5) is 9.17. The Morgan fingerprint density at radius 3 is 2.67 bits per heavy atom. The highest BCUT2D eigenvalue weighted by molar-refractivity contribution is 7.98. The van der Waals surface area contributed by atoms with Gasteiger partial charge in [-0.2, -0.15) is 16.2 Å². The molecule has 0 aliphatic carbocycles. The van der Waals surface area contributed by atoms with Gasteiger partial charge in [-0.25, -0.2) is 13.1 Å². The molecule has 10 heteroatoms. The number of thioether (sulfide) groups is 1. The first-order valence-corrected chi connectivity index (χ1v) is 8.62. The molecule has 0 aromatic heterocycles. The number of nitrogens with zero attached hydrogens (tertiary/aromatic N) is 1. The van der Waals surface area contributed by atoms with Gasteiger partial charge in [0.2, 0.25) is 15.8 Å². The van der Waals surface area contributed by atoms with Gasteiger partial charge in [0.1, 0.15) is 0 Å². The Morgan fingerprint density at radius 1 is 1.52 bits per heavy atom. The fraction of sp³-hybridized carbons (Fsp3) is 0.455. The predicted molar refractivity (Wildman–Crippen MR) is 77.2 cm³/mol. The van der Waals surface area contributed by atoms with E-state index in [1.807, 2.05) is 0 Å². The standard InChI is InChI=1S/C11H15FN2O5S2/c1-11(15,7-20-2)6-13-21(18,19)8-3-4-9(12)10(5-8)14(16)17/h3-5,13,15H,6-7H2,1-2H3. The topological polar surface area (TPSA) is 110 Å². The van der Waals surface area contributed by atoms with Crippen molar-refractivity contribution in [1.29, 1.82) is 0 Å². The second-order valence-corrected chi connectivity index (χ2v) is 7.26. The zero-order valence-corrected chi connectivity index (χ0v) is 13.0. The molecule has 1 aromatic carbocycles. The summed E-state index contributed by atoms with van der Waals surface area (Å²) in [5.74, 6) is -0.813. The molecule has 118 valence electrons. The Morgan fingerprint density at radius 2 is 2.14 bits per heavy atom. The zero-order chi connectivity index (χ0) is 16.3. The number of hydrogen-bond donors (Lipinski definition) is 2. The molecule has 0 bridgehead atoms. The Bertz CT molecular complexity index is 634. The highest BCUT2D eigenvalue weighted by atomic mass is 32.2. The number of halogens is 1. The van der Waals surface area contributed by atoms with E-state index in [4.69, 9.17) is 0 Å². The summed E-state index contributed by atoms with van der Waals surface area (Å²) >= 11 is 1.34. The Balaban J connectivity index is 2.99. The molecular formula is C11H15FN2O5S2. The van der Waals surface area contributed by atoms with E-state index in [1.165, 1.54) is 18.7 Å². The third-order valence-electron chi connectivity index (χ3n) is 2.52. The minimum Gasteiger partial charge on any atom is -0.388 e. The van der Waals surface area contributed by atoms with Gasteiger partial charge in [0, 0.05) is 18.4 Å². The molecule has 0 saturated heterocycles. The van der Waals surface area contributed by atoms with Crippen LogP contribution in [0, 0.1) is 15.9 Å². The maximum absolute atomic E-state index is 13.2. The largest absolute Gasteiger partial charge is 0.388 e. The first kappa shape index (κ1) is 17.8. The van der Waals surface area contributed by atoms with Gasteiger partial charge in [0.05, 0.1) is 15.4 Å². The number of benzene rings is 1. The molecule has 0 aliphatic rings. The minimum atomic E-state index is -4.07. The van der Waals surface area contributed by atoms with Crippen molar-refractivity contribution in [3.05, 3.63) is 34.1 Å². The van der Waals surface area contributed by atoms with Crippen LogP contribution in [0.5, 0.6) is 0 Å². The maximum Gasteiger partial charge on any atom is 0.306 e. The Hall–Kier alpha value is -1.23. The van der Waals surface area contributed by atoms with Gasteiger partial charge in [0.15, 0.2) is 0 Å². The third kappa shape index (κ3) is 4.92. The molecular weight excluding hydrogens is 323 g/mol. The van der Waals surface area contributed by atoms with Crippen molar-refractivity contribution in [3.8, 4) is 0 Å². The molecule has 0 amide bonds. The van der Waals surface area contributed by atoms with Crippen LogP contribution < -0.4 is 4.72 Å². The summed E-state index contributed by atoms with van der Waals surface area (Å²) in [6.07, 6.45) is 1.76. The van der Waals surface area contributed by atoms with Crippen molar-refractivity contribution < 1.29 is 22.8 Å². The van der Waals surface area contributed by atoms with E-state index in [1.54, 1.807) is 6.26 Å². The molecule has 1 rings (SSSR count). The molecule has 1 aromatic rings. The van der Waals surface area contributed by atoms with Crippen LogP contribution in [0.4, 0.5) is 10.1 Å². The van der Waals surface area contributed by atoms with Gasteiger partial charge in [-0.15, -0.1) is 0 Å². The van der Waals surface area contributed by atoms with Crippen molar-refractivity contribution >= 4 is 27.5 Å². The highest BCUT2D eigenvalue weighted by Crippen LogP contribution is 2.21. The van der Waals surface area contributed by atoms with E-state index in [9.17, 15) is 28.0 Å². The lowest BCUT2D eigenvalue weighted by Crippen LogP contribution is -2.42. The van der Waals surface area contributed by atoms with Gasteiger partial charge in [-0.3, -0.25) is 10.1 Å². The molecule has 21 heavy (non-hydrogen) atoms. The van der Waals surface area contributed by atoms with Crippen LogP contribution in [-0.2, 0) is 10.0 Å². The van der Waals surface area contributed by atoms with Gasteiger partial charge < -0.3 is 5.11 Å². The summed E-state index contributed by atoms with van der Waals surface area (Å²) in [7, 11) is -4.07. The normalized spacial score (nSPS) is 14.7. The van der Waals surface area contributed by atoms with E-state index in [-0.39, 0.29) is 6.54 Å². The fourth-order valence-corrected chi connectivity index (χ4v) is 3.40. The van der Waals surface area contributed by atoms with Crippen LogP contribution >= 0.6 is 11.8 Å². The third-order valence-corrected chi connectivity index (χ3v) is 4.83. The first-order chi connectivity index (χ1) is 9.59. The molecule has 7 nitrogen and oxygen atoms in total. The van der Waals surface area contributed by atoms with Crippen molar-refractivity contribution in [2.75, 3.05) is 18.6 Å². The average molecular weight is 338 g/mol. The lowest BCUT2D eigenvalue weighted by molar-refractivity contribution is -0.387. The molecule has 0 aliphatic heterocycles. The highest BCUT2D eigenvalue weighted by Gasteiger charge is 2.26. The van der Waals surface area contributed by atoms with Gasteiger partial charge in [-0.05, 0) is 25.3 Å². The van der Waals surface area contributed by atoms with E-state index in [0.717, 1.165) is 6.07 Å². The van der Waals surface area contributed by atoms with E-state index < -0.39 is 36.9 Å². The molecule has 1 atom stereocenters. The molecule has 0 spiro atoms. The second-order valence-electron chi connectivity index (χ2n) is 4.62. The second kappa shape index (κ2) is 6.69. The monoisotopic (exact) mass is 338 g/mol. The summed E-state index contributed by atoms with van der Waals surface area (Å²) in [5, 5.41) is 20.5. The van der Waals surface area contributed by atoms with Crippen molar-refractivity contribution in [2.45, 2.75) is 17.4 Å². The molecule has 1 unspecified atom stereocenters. The lowest BCUT2D eigenvalue weighted by Gasteiger charge is -2.22. The Kier molecular flexibility index (Phi) is 5.68. The molecule has 0 radical (unpaired) electrons. The van der Waals surface area contributed by atoms with E-state index >= 15 is 0 Å². The average Bonchev–Trinajstić information content (AvgIpc) is 2.36. The number of aliphatic hydroxyl groups is 1. The smallest absolute Gasteiger partial charge is 0.306 e.